The van der Waals surface area contributed by atoms with Gasteiger partial charge in [-0.15, -0.1) is 11.8 Å². The Morgan fingerprint density at radius 2 is 1.76 bits per heavy atom. The number of thioether (sulfide) groups is 1. The molecule has 0 aliphatic carbocycles. The summed E-state index contributed by atoms with van der Waals surface area (Å²) in [5, 5.41) is 11.8. The standard InChI is InChI=1S/C23H22N2O6S.Na.H/c1-23(2)18(21(28)29)25-19(27)17(20(25)32-23)24-16(26)12-13-8-6-7-11-15(13)22(30)31-14-9-4-3-5-10-14;;/h3-11,17-18,20H,12H2,1-2H3,(H,24,26)(H,28,29);;/q;+1;-1/t17?,18?,20-;;/m1../s1. The minimum absolute atomic E-state index is 0. The van der Waals surface area contributed by atoms with Crippen molar-refractivity contribution < 1.29 is 60.0 Å². The van der Waals surface area contributed by atoms with Gasteiger partial charge in [0.2, 0.25) is 11.8 Å². The number of para-hydroxylation sites is 1. The quantitative estimate of drug-likeness (QED) is 0.242. The molecule has 2 heterocycles. The van der Waals surface area contributed by atoms with Crippen LogP contribution in [0.2, 0.25) is 0 Å². The minimum Gasteiger partial charge on any atom is -1.00 e. The average molecular weight is 479 g/mol. The predicted molar refractivity (Wildman–Crippen MR) is 118 cm³/mol. The SMILES string of the molecule is CC1(C)S[C@@H]2C(NC(=O)Cc3ccccc3C(=O)Oc3ccccc3)C(=O)N2C1C(=O)O.[H-].[Na+]. The van der Waals surface area contributed by atoms with Gasteiger partial charge in [0.15, 0.2) is 0 Å². The van der Waals surface area contributed by atoms with Crippen molar-refractivity contribution in [3.8, 4) is 5.75 Å². The topological polar surface area (TPSA) is 113 Å². The van der Waals surface area contributed by atoms with Crippen molar-refractivity contribution in [2.45, 2.75) is 42.5 Å². The Morgan fingerprint density at radius 1 is 1.12 bits per heavy atom. The van der Waals surface area contributed by atoms with Crippen molar-refractivity contribution in [2.75, 3.05) is 0 Å². The number of hydrogen-bond acceptors (Lipinski definition) is 6. The van der Waals surface area contributed by atoms with Crippen LogP contribution in [-0.4, -0.2) is 56.0 Å². The zero-order valence-electron chi connectivity index (χ0n) is 19.5. The fraction of sp³-hybridized carbons (Fsp3) is 0.304. The molecular weight excluding hydrogens is 455 g/mol. The Hall–Kier alpha value is -2.33. The van der Waals surface area contributed by atoms with Gasteiger partial charge in [0, 0.05) is 4.75 Å². The van der Waals surface area contributed by atoms with Crippen LogP contribution < -0.4 is 39.6 Å². The van der Waals surface area contributed by atoms with Crippen LogP contribution in [0, 0.1) is 0 Å². The van der Waals surface area contributed by atoms with Crippen LogP contribution in [-0.2, 0) is 20.8 Å². The van der Waals surface area contributed by atoms with Crippen molar-refractivity contribution in [2.24, 2.45) is 0 Å². The molecule has 10 heteroatoms. The average Bonchev–Trinajstić information content (AvgIpc) is 3.01. The molecule has 4 rings (SSSR count). The van der Waals surface area contributed by atoms with E-state index in [4.69, 9.17) is 4.74 Å². The Labute approximate surface area is 218 Å². The molecule has 168 valence electrons. The maximum absolute atomic E-state index is 12.7. The molecule has 2 saturated heterocycles. The van der Waals surface area contributed by atoms with Gasteiger partial charge in [-0.05, 0) is 37.6 Å². The van der Waals surface area contributed by atoms with Gasteiger partial charge >= 0.3 is 41.5 Å². The van der Waals surface area contributed by atoms with E-state index in [0.29, 0.717) is 11.3 Å². The second kappa shape index (κ2) is 9.89. The molecule has 8 nitrogen and oxygen atoms in total. The van der Waals surface area contributed by atoms with Gasteiger partial charge in [0.25, 0.3) is 0 Å². The van der Waals surface area contributed by atoms with Crippen LogP contribution in [0.5, 0.6) is 5.75 Å². The molecule has 2 aromatic carbocycles. The predicted octanol–water partition coefficient (Wildman–Crippen LogP) is -0.803. The van der Waals surface area contributed by atoms with E-state index in [-0.39, 0.29) is 43.0 Å². The van der Waals surface area contributed by atoms with Gasteiger partial charge in [0.1, 0.15) is 23.2 Å². The Bertz CT molecular complexity index is 1100. The summed E-state index contributed by atoms with van der Waals surface area (Å²) in [6.45, 7) is 3.55. The van der Waals surface area contributed by atoms with Crippen LogP contribution in [0.3, 0.4) is 0 Å². The molecule has 0 radical (unpaired) electrons. The number of benzene rings is 2. The van der Waals surface area contributed by atoms with Gasteiger partial charge < -0.3 is 21.5 Å². The number of rotatable bonds is 6. The van der Waals surface area contributed by atoms with Gasteiger partial charge in [-0.3, -0.25) is 9.59 Å². The minimum atomic E-state index is -1.06. The summed E-state index contributed by atoms with van der Waals surface area (Å²) >= 11 is 1.36. The molecule has 3 atom stereocenters. The molecule has 0 bridgehead atoms. The molecule has 2 fully saturated rings. The van der Waals surface area contributed by atoms with Crippen molar-refractivity contribution in [1.82, 2.24) is 10.2 Å². The molecule has 0 spiro atoms. The zero-order valence-corrected chi connectivity index (χ0v) is 21.3. The van der Waals surface area contributed by atoms with Crippen LogP contribution in [0.1, 0.15) is 31.2 Å². The Morgan fingerprint density at radius 3 is 2.42 bits per heavy atom. The largest absolute Gasteiger partial charge is 1.00 e. The van der Waals surface area contributed by atoms with E-state index < -0.39 is 46.0 Å². The molecule has 2 amide bonds. The number of carboxylic acids is 1. The summed E-state index contributed by atoms with van der Waals surface area (Å²) < 4.78 is 4.71. The second-order valence-corrected chi connectivity index (χ2v) is 9.95. The first-order chi connectivity index (χ1) is 15.2. The van der Waals surface area contributed by atoms with E-state index in [1.807, 2.05) is 0 Å². The van der Waals surface area contributed by atoms with Gasteiger partial charge in [-0.1, -0.05) is 36.4 Å². The smallest absolute Gasteiger partial charge is 1.00 e. The molecule has 0 saturated carbocycles. The number of carboxylic acid groups (broad SMARTS) is 1. The number of carbonyl (C=O) groups is 4. The number of carbonyl (C=O) groups excluding carboxylic acids is 3. The van der Waals surface area contributed by atoms with Crippen LogP contribution in [0.4, 0.5) is 0 Å². The number of nitrogens with zero attached hydrogens (tertiary/aromatic N) is 1. The fourth-order valence-corrected chi connectivity index (χ4v) is 5.69. The van der Waals surface area contributed by atoms with Gasteiger partial charge in [-0.2, -0.15) is 0 Å². The van der Waals surface area contributed by atoms with Crippen molar-refractivity contribution in [1.29, 1.82) is 0 Å². The maximum atomic E-state index is 12.7. The number of esters is 1. The van der Waals surface area contributed by atoms with E-state index in [2.05, 4.69) is 5.32 Å². The summed E-state index contributed by atoms with van der Waals surface area (Å²) in [6.07, 6.45) is -0.118. The Kier molecular flexibility index (Phi) is 7.58. The first-order valence-electron chi connectivity index (χ1n) is 10.1. The fourth-order valence-electron chi connectivity index (χ4n) is 4.07. The number of nitrogens with one attached hydrogen (secondary N) is 1. The first-order valence-corrected chi connectivity index (χ1v) is 10.9. The first kappa shape index (κ1) is 25.3. The third-order valence-electron chi connectivity index (χ3n) is 5.53. The molecular formula is C23H23N2NaO6S. The molecule has 2 aliphatic heterocycles. The van der Waals surface area contributed by atoms with E-state index in [9.17, 15) is 24.3 Å². The third kappa shape index (κ3) is 4.96. The van der Waals surface area contributed by atoms with E-state index in [1.54, 1.807) is 68.4 Å². The number of fused-ring (bicyclic) bond motifs is 1. The van der Waals surface area contributed by atoms with Gasteiger partial charge in [0.05, 0.1) is 12.0 Å². The molecule has 2 unspecified atom stereocenters. The van der Waals surface area contributed by atoms with Crippen LogP contribution >= 0.6 is 11.8 Å². The van der Waals surface area contributed by atoms with Crippen molar-refractivity contribution in [3.05, 3.63) is 65.7 Å². The zero-order chi connectivity index (χ0) is 23.0. The maximum Gasteiger partial charge on any atom is 1.00 e. The molecule has 33 heavy (non-hydrogen) atoms. The summed E-state index contributed by atoms with van der Waals surface area (Å²) in [5.41, 5.74) is 0.729. The van der Waals surface area contributed by atoms with Crippen LogP contribution in [0.25, 0.3) is 0 Å². The molecule has 2 N–H and O–H groups in total. The number of ether oxygens (including phenoxy) is 1. The third-order valence-corrected chi connectivity index (χ3v) is 7.10. The molecule has 0 aromatic heterocycles. The molecule has 2 aromatic rings. The summed E-state index contributed by atoms with van der Waals surface area (Å²) in [4.78, 5) is 50.8. The van der Waals surface area contributed by atoms with E-state index in [1.165, 1.54) is 16.7 Å². The Balaban J connectivity index is 0.00000204. The van der Waals surface area contributed by atoms with Crippen LogP contribution in [0.15, 0.2) is 54.6 Å². The normalized spacial score (nSPS) is 22.4. The number of hydrogen-bond donors (Lipinski definition) is 2. The van der Waals surface area contributed by atoms with E-state index >= 15 is 0 Å². The number of amides is 2. The summed E-state index contributed by atoms with van der Waals surface area (Å²) in [5.74, 6) is -2.09. The summed E-state index contributed by atoms with van der Waals surface area (Å²) in [7, 11) is 0. The van der Waals surface area contributed by atoms with E-state index in [0.717, 1.165) is 0 Å². The number of β-lactam (4-membered cyclic amide) rings is 1. The second-order valence-electron chi connectivity index (χ2n) is 8.18. The molecule has 2 aliphatic rings. The van der Waals surface area contributed by atoms with Crippen molar-refractivity contribution in [3.63, 3.8) is 0 Å². The number of aliphatic carboxylic acids is 1. The van der Waals surface area contributed by atoms with Crippen molar-refractivity contribution >= 4 is 35.5 Å². The van der Waals surface area contributed by atoms with Gasteiger partial charge in [-0.25, -0.2) is 9.59 Å². The monoisotopic (exact) mass is 478 g/mol. The summed E-state index contributed by atoms with van der Waals surface area (Å²) in [6, 6.07) is 13.5.